The van der Waals surface area contributed by atoms with Gasteiger partial charge in [-0.05, 0) is 38.0 Å². The van der Waals surface area contributed by atoms with Gasteiger partial charge in [0.15, 0.2) is 11.5 Å². The minimum atomic E-state index is -0.575. The van der Waals surface area contributed by atoms with Crippen molar-refractivity contribution in [1.82, 2.24) is 9.13 Å². The fraction of sp³-hybridized carbons (Fsp3) is 0.375. The maximum absolute atomic E-state index is 13.4. The average molecular weight is 453 g/mol. The third kappa shape index (κ3) is 4.63. The molecule has 1 amide bonds. The number of benzene rings is 2. The molecule has 174 valence electrons. The number of carbonyl (C=O) groups is 1. The zero-order chi connectivity index (χ0) is 23.5. The number of carbonyl (C=O) groups excluding carboxylic acids is 1. The van der Waals surface area contributed by atoms with Crippen molar-refractivity contribution >= 4 is 22.5 Å². The molecule has 9 heteroatoms. The SMILES string of the molecule is COc1cc2c(=O)n(C[C@H]3CCCO3)c(=O)n(CC(=O)Nc3ccc(C)cc3)c2cc1OC. The van der Waals surface area contributed by atoms with Gasteiger partial charge in [0.25, 0.3) is 5.56 Å². The van der Waals surface area contributed by atoms with Crippen LogP contribution in [0.3, 0.4) is 0 Å². The average Bonchev–Trinajstić information content (AvgIpc) is 3.33. The topological polar surface area (TPSA) is 101 Å². The quantitative estimate of drug-likeness (QED) is 0.589. The Morgan fingerprint density at radius 2 is 1.79 bits per heavy atom. The summed E-state index contributed by atoms with van der Waals surface area (Å²) in [7, 11) is 2.94. The van der Waals surface area contributed by atoms with Gasteiger partial charge < -0.3 is 19.5 Å². The zero-order valence-electron chi connectivity index (χ0n) is 18.9. The molecular weight excluding hydrogens is 426 g/mol. The highest BCUT2D eigenvalue weighted by molar-refractivity contribution is 5.92. The van der Waals surface area contributed by atoms with Crippen molar-refractivity contribution in [2.45, 2.75) is 39.0 Å². The summed E-state index contributed by atoms with van der Waals surface area (Å²) >= 11 is 0. The van der Waals surface area contributed by atoms with E-state index in [0.717, 1.165) is 23.0 Å². The van der Waals surface area contributed by atoms with Crippen LogP contribution in [-0.2, 0) is 22.6 Å². The Labute approximate surface area is 190 Å². The fourth-order valence-electron chi connectivity index (χ4n) is 4.03. The van der Waals surface area contributed by atoms with Crippen LogP contribution in [0.1, 0.15) is 18.4 Å². The van der Waals surface area contributed by atoms with Gasteiger partial charge in [0.2, 0.25) is 5.91 Å². The number of rotatable bonds is 7. The summed E-state index contributed by atoms with van der Waals surface area (Å²) in [5.41, 5.74) is 0.952. The summed E-state index contributed by atoms with van der Waals surface area (Å²) in [5, 5.41) is 3.06. The predicted molar refractivity (Wildman–Crippen MR) is 124 cm³/mol. The highest BCUT2D eigenvalue weighted by Crippen LogP contribution is 2.30. The summed E-state index contributed by atoms with van der Waals surface area (Å²) in [6, 6.07) is 10.4. The molecule has 1 fully saturated rings. The van der Waals surface area contributed by atoms with E-state index >= 15 is 0 Å². The van der Waals surface area contributed by atoms with Crippen LogP contribution in [0.25, 0.3) is 10.9 Å². The monoisotopic (exact) mass is 453 g/mol. The van der Waals surface area contributed by atoms with Gasteiger partial charge in [-0.1, -0.05) is 17.7 Å². The summed E-state index contributed by atoms with van der Waals surface area (Å²) in [4.78, 5) is 39.5. The summed E-state index contributed by atoms with van der Waals surface area (Å²) in [6.45, 7) is 2.41. The predicted octanol–water partition coefficient (Wildman–Crippen LogP) is 2.31. The van der Waals surface area contributed by atoms with Crippen LogP contribution in [0.5, 0.6) is 11.5 Å². The van der Waals surface area contributed by atoms with Crippen molar-refractivity contribution in [3.05, 3.63) is 62.8 Å². The van der Waals surface area contributed by atoms with Gasteiger partial charge in [-0.3, -0.25) is 18.7 Å². The van der Waals surface area contributed by atoms with Gasteiger partial charge in [-0.15, -0.1) is 0 Å². The van der Waals surface area contributed by atoms with E-state index in [2.05, 4.69) is 5.32 Å². The molecule has 1 aromatic heterocycles. The van der Waals surface area contributed by atoms with Gasteiger partial charge in [0, 0.05) is 18.4 Å². The van der Waals surface area contributed by atoms with Gasteiger partial charge in [-0.25, -0.2) is 4.79 Å². The summed E-state index contributed by atoms with van der Waals surface area (Å²) in [6.07, 6.45) is 1.43. The van der Waals surface area contributed by atoms with Gasteiger partial charge in [0.05, 0.1) is 37.8 Å². The van der Waals surface area contributed by atoms with Crippen molar-refractivity contribution in [3.63, 3.8) is 0 Å². The molecule has 2 heterocycles. The molecule has 1 aliphatic heterocycles. The Bertz CT molecular complexity index is 1290. The zero-order valence-corrected chi connectivity index (χ0v) is 18.9. The van der Waals surface area contributed by atoms with E-state index in [1.165, 1.54) is 24.9 Å². The van der Waals surface area contributed by atoms with Crippen molar-refractivity contribution in [1.29, 1.82) is 0 Å². The number of aryl methyl sites for hydroxylation is 1. The molecular formula is C24H27N3O6. The first-order chi connectivity index (χ1) is 15.9. The summed E-state index contributed by atoms with van der Waals surface area (Å²) < 4.78 is 18.8. The largest absolute Gasteiger partial charge is 0.493 e. The molecule has 33 heavy (non-hydrogen) atoms. The lowest BCUT2D eigenvalue weighted by Crippen LogP contribution is -2.43. The van der Waals surface area contributed by atoms with E-state index < -0.39 is 11.2 Å². The first-order valence-electron chi connectivity index (χ1n) is 10.8. The van der Waals surface area contributed by atoms with E-state index in [9.17, 15) is 14.4 Å². The van der Waals surface area contributed by atoms with E-state index in [-0.39, 0.29) is 30.5 Å². The molecule has 4 rings (SSSR count). The Hall–Kier alpha value is -3.59. The van der Waals surface area contributed by atoms with Gasteiger partial charge in [-0.2, -0.15) is 0 Å². The van der Waals surface area contributed by atoms with Crippen LogP contribution in [-0.4, -0.2) is 42.0 Å². The van der Waals surface area contributed by atoms with Crippen LogP contribution in [0.15, 0.2) is 46.0 Å². The minimum absolute atomic E-state index is 0.127. The number of nitrogens with zero attached hydrogens (tertiary/aromatic N) is 2. The summed E-state index contributed by atoms with van der Waals surface area (Å²) in [5.74, 6) is 0.327. The van der Waals surface area contributed by atoms with E-state index in [0.29, 0.717) is 29.3 Å². The lowest BCUT2D eigenvalue weighted by molar-refractivity contribution is -0.116. The number of aromatic nitrogens is 2. The Morgan fingerprint density at radius 3 is 2.42 bits per heavy atom. The number of anilines is 1. The number of methoxy groups -OCH3 is 2. The van der Waals surface area contributed by atoms with Gasteiger partial charge >= 0.3 is 5.69 Å². The van der Waals surface area contributed by atoms with E-state index in [4.69, 9.17) is 14.2 Å². The van der Waals surface area contributed by atoms with Crippen molar-refractivity contribution in [2.75, 3.05) is 26.1 Å². The molecule has 0 radical (unpaired) electrons. The Morgan fingerprint density at radius 1 is 1.09 bits per heavy atom. The second-order valence-corrected chi connectivity index (χ2v) is 8.06. The normalized spacial score (nSPS) is 15.5. The first kappa shape index (κ1) is 22.6. The van der Waals surface area contributed by atoms with Crippen molar-refractivity contribution < 1.29 is 19.0 Å². The molecule has 0 aliphatic carbocycles. The number of nitrogens with one attached hydrogen (secondary N) is 1. The second-order valence-electron chi connectivity index (χ2n) is 8.06. The Balaban J connectivity index is 1.80. The molecule has 0 unspecified atom stereocenters. The molecule has 2 aromatic carbocycles. The van der Waals surface area contributed by atoms with Gasteiger partial charge in [0.1, 0.15) is 6.54 Å². The number of amides is 1. The molecule has 1 aliphatic rings. The lowest BCUT2D eigenvalue weighted by atomic mass is 10.2. The van der Waals surface area contributed by atoms with Crippen LogP contribution in [0.4, 0.5) is 5.69 Å². The number of hydrogen-bond donors (Lipinski definition) is 1. The third-order valence-corrected chi connectivity index (χ3v) is 5.78. The maximum Gasteiger partial charge on any atom is 0.332 e. The smallest absolute Gasteiger partial charge is 0.332 e. The minimum Gasteiger partial charge on any atom is -0.493 e. The lowest BCUT2D eigenvalue weighted by Gasteiger charge is -2.18. The van der Waals surface area contributed by atoms with Crippen LogP contribution in [0, 0.1) is 6.92 Å². The molecule has 0 saturated carbocycles. The molecule has 1 saturated heterocycles. The second kappa shape index (κ2) is 9.50. The Kier molecular flexibility index (Phi) is 6.50. The molecule has 1 N–H and O–H groups in total. The number of fused-ring (bicyclic) bond motifs is 1. The van der Waals surface area contributed by atoms with Crippen LogP contribution in [0.2, 0.25) is 0 Å². The highest BCUT2D eigenvalue weighted by atomic mass is 16.5. The van der Waals surface area contributed by atoms with Crippen molar-refractivity contribution in [3.8, 4) is 11.5 Å². The number of ether oxygens (including phenoxy) is 3. The molecule has 3 aromatic rings. The fourth-order valence-corrected chi connectivity index (χ4v) is 4.03. The van der Waals surface area contributed by atoms with E-state index in [1.54, 1.807) is 18.2 Å². The van der Waals surface area contributed by atoms with E-state index in [1.807, 2.05) is 19.1 Å². The molecule has 0 bridgehead atoms. The highest BCUT2D eigenvalue weighted by Gasteiger charge is 2.22. The number of hydrogen-bond acceptors (Lipinski definition) is 6. The third-order valence-electron chi connectivity index (χ3n) is 5.78. The van der Waals surface area contributed by atoms with Crippen LogP contribution < -0.4 is 26.0 Å². The standard InChI is InChI=1S/C24H27N3O6/c1-15-6-8-16(9-7-15)25-22(28)14-26-19-12-21(32-3)20(31-2)11-18(19)23(29)27(24(26)30)13-17-5-4-10-33-17/h6-9,11-12,17H,4-5,10,13-14H2,1-3H3,(H,25,28)/t17-/m1/s1. The molecule has 0 spiro atoms. The maximum atomic E-state index is 13.4. The van der Waals surface area contributed by atoms with Crippen LogP contribution >= 0.6 is 0 Å². The van der Waals surface area contributed by atoms with Crippen molar-refractivity contribution in [2.24, 2.45) is 0 Å². The first-order valence-corrected chi connectivity index (χ1v) is 10.8. The molecule has 1 atom stereocenters. The molecule has 9 nitrogen and oxygen atoms in total.